The predicted octanol–water partition coefficient (Wildman–Crippen LogP) is 4.73. The molecule has 1 aliphatic heterocycles. The molecule has 0 aromatic heterocycles. The van der Waals surface area contributed by atoms with Crippen LogP contribution in [0.5, 0.6) is 0 Å². The molecule has 1 amide bonds. The van der Waals surface area contributed by atoms with Crippen molar-refractivity contribution in [3.05, 3.63) is 95.8 Å². The van der Waals surface area contributed by atoms with E-state index in [1.807, 2.05) is 70.2 Å². The van der Waals surface area contributed by atoms with Crippen LogP contribution in [0.4, 0.5) is 0 Å². The van der Waals surface area contributed by atoms with Crippen LogP contribution in [-0.2, 0) is 11.3 Å². The van der Waals surface area contributed by atoms with Crippen molar-refractivity contribution >= 4 is 11.6 Å². The molecule has 0 spiro atoms. The minimum Gasteiger partial charge on any atom is -0.348 e. The summed E-state index contributed by atoms with van der Waals surface area (Å²) in [6.45, 7) is 16.0. The van der Waals surface area contributed by atoms with Gasteiger partial charge < -0.3 is 5.32 Å². The molecule has 0 unspecified atom stereocenters. The summed E-state index contributed by atoms with van der Waals surface area (Å²) in [4.78, 5) is 12.6. The van der Waals surface area contributed by atoms with E-state index >= 15 is 0 Å². The fourth-order valence-corrected chi connectivity index (χ4v) is 2.41. The Bertz CT molecular complexity index is 811. The molecule has 0 fully saturated rings. The van der Waals surface area contributed by atoms with Crippen molar-refractivity contribution in [2.45, 2.75) is 34.2 Å². The maximum Gasteiger partial charge on any atom is 0.253 e. The molecule has 1 heterocycles. The van der Waals surface area contributed by atoms with Crippen LogP contribution in [0, 0.1) is 6.92 Å². The van der Waals surface area contributed by atoms with Gasteiger partial charge in [0.15, 0.2) is 0 Å². The summed E-state index contributed by atoms with van der Waals surface area (Å²) in [5.41, 5.74) is 7.52. The summed E-state index contributed by atoms with van der Waals surface area (Å²) in [5, 5.41) is 7.20. The van der Waals surface area contributed by atoms with Gasteiger partial charge in [0.1, 0.15) is 0 Å². The Morgan fingerprint density at radius 2 is 2.00 bits per heavy atom. The fraction of sp³-hybridized carbons (Fsp3) is 0.217. The first-order valence-electron chi connectivity index (χ1n) is 9.10. The Morgan fingerprint density at radius 1 is 1.30 bits per heavy atom. The van der Waals surface area contributed by atoms with Gasteiger partial charge in [-0.05, 0) is 31.1 Å². The lowest BCUT2D eigenvalue weighted by atomic mass is 10.0. The molecule has 27 heavy (non-hydrogen) atoms. The van der Waals surface area contributed by atoms with Crippen molar-refractivity contribution in [3.63, 3.8) is 0 Å². The molecule has 0 radical (unpaired) electrons. The molecule has 4 heteroatoms. The van der Waals surface area contributed by atoms with Crippen molar-refractivity contribution in [2.75, 3.05) is 0 Å². The number of rotatable bonds is 6. The molecule has 0 saturated heterocycles. The summed E-state index contributed by atoms with van der Waals surface area (Å²) in [6, 6.07) is 7.97. The lowest BCUT2D eigenvalue weighted by Gasteiger charge is -2.17. The van der Waals surface area contributed by atoms with E-state index in [1.165, 1.54) is 0 Å². The second kappa shape index (κ2) is 11.5. The van der Waals surface area contributed by atoms with E-state index in [0.29, 0.717) is 23.5 Å². The van der Waals surface area contributed by atoms with Crippen molar-refractivity contribution in [2.24, 2.45) is 5.10 Å². The first kappa shape index (κ1) is 21.9. The van der Waals surface area contributed by atoms with Gasteiger partial charge in [-0.1, -0.05) is 75.6 Å². The van der Waals surface area contributed by atoms with Gasteiger partial charge in [-0.3, -0.25) is 10.2 Å². The SMILES string of the molecule is C=C/C=C(\C=C/C)C1=NNC(=C)C(C(=O)NCc2ccccc2C)=C1.CC. The molecule has 0 atom stereocenters. The number of hydrazone groups is 1. The van der Waals surface area contributed by atoms with Gasteiger partial charge in [-0.15, -0.1) is 0 Å². The van der Waals surface area contributed by atoms with Gasteiger partial charge in [0, 0.05) is 12.1 Å². The maximum atomic E-state index is 12.6. The smallest absolute Gasteiger partial charge is 0.253 e. The zero-order valence-corrected chi connectivity index (χ0v) is 16.7. The molecule has 4 nitrogen and oxygen atoms in total. The summed E-state index contributed by atoms with van der Waals surface area (Å²) in [6.07, 6.45) is 9.09. The second-order valence-corrected chi connectivity index (χ2v) is 5.61. The van der Waals surface area contributed by atoms with Gasteiger partial charge in [-0.25, -0.2) is 0 Å². The van der Waals surface area contributed by atoms with E-state index in [2.05, 4.69) is 29.0 Å². The highest BCUT2D eigenvalue weighted by Gasteiger charge is 2.18. The number of carbonyl (C=O) groups is 1. The molecular formula is C23H29N3O. The van der Waals surface area contributed by atoms with Crippen molar-refractivity contribution in [3.8, 4) is 0 Å². The molecule has 142 valence electrons. The zero-order valence-electron chi connectivity index (χ0n) is 16.7. The second-order valence-electron chi connectivity index (χ2n) is 5.61. The Morgan fingerprint density at radius 3 is 2.63 bits per heavy atom. The fourth-order valence-electron chi connectivity index (χ4n) is 2.41. The number of nitrogens with one attached hydrogen (secondary N) is 2. The van der Waals surface area contributed by atoms with Crippen molar-refractivity contribution < 1.29 is 4.79 Å². The number of hydrogen-bond acceptors (Lipinski definition) is 3. The Labute approximate surface area is 162 Å². The van der Waals surface area contributed by atoms with Gasteiger partial charge in [0.05, 0.1) is 17.0 Å². The summed E-state index contributed by atoms with van der Waals surface area (Å²) >= 11 is 0. The highest BCUT2D eigenvalue weighted by molar-refractivity contribution is 6.16. The molecule has 2 N–H and O–H groups in total. The quantitative estimate of drug-likeness (QED) is 0.718. The number of nitrogens with zero attached hydrogens (tertiary/aromatic N) is 1. The normalized spacial score (nSPS) is 13.8. The third-order valence-corrected chi connectivity index (χ3v) is 3.80. The van der Waals surface area contributed by atoms with Gasteiger partial charge >= 0.3 is 0 Å². The standard InChI is InChI=1S/C21H23N3O.C2H6/c1-5-9-17(10-6-2)20-13-19(16(4)23-24-20)21(25)22-14-18-12-8-7-11-15(18)3;1-2/h5-13,23H,1,4,14H2,2-3H3,(H,22,25);1-2H3/b10-6-,17-9+;. The van der Waals surface area contributed by atoms with E-state index in [-0.39, 0.29) is 5.91 Å². The number of carbonyl (C=O) groups excluding carboxylic acids is 1. The van der Waals surface area contributed by atoms with E-state index in [1.54, 1.807) is 12.2 Å². The molecule has 1 aromatic rings. The monoisotopic (exact) mass is 363 g/mol. The van der Waals surface area contributed by atoms with Crippen molar-refractivity contribution in [1.29, 1.82) is 0 Å². The average Bonchev–Trinajstić information content (AvgIpc) is 2.69. The van der Waals surface area contributed by atoms with E-state index in [9.17, 15) is 4.79 Å². The average molecular weight is 364 g/mol. The molecule has 0 bridgehead atoms. The first-order valence-corrected chi connectivity index (χ1v) is 9.10. The number of aryl methyl sites for hydroxylation is 1. The van der Waals surface area contributed by atoms with Crippen LogP contribution in [0.2, 0.25) is 0 Å². The van der Waals surface area contributed by atoms with Crippen molar-refractivity contribution in [1.82, 2.24) is 10.7 Å². The Hall–Kier alpha value is -3.14. The lowest BCUT2D eigenvalue weighted by molar-refractivity contribution is -0.117. The summed E-state index contributed by atoms with van der Waals surface area (Å²) in [7, 11) is 0. The van der Waals surface area contributed by atoms with E-state index in [4.69, 9.17) is 0 Å². The largest absolute Gasteiger partial charge is 0.348 e. The van der Waals surface area contributed by atoms with Crippen LogP contribution in [-0.4, -0.2) is 11.6 Å². The van der Waals surface area contributed by atoms with Crippen LogP contribution in [0.15, 0.2) is 89.7 Å². The van der Waals surface area contributed by atoms with E-state index in [0.717, 1.165) is 16.7 Å². The molecule has 0 aliphatic carbocycles. The van der Waals surface area contributed by atoms with Crippen LogP contribution >= 0.6 is 0 Å². The van der Waals surface area contributed by atoms with Crippen LogP contribution in [0.3, 0.4) is 0 Å². The summed E-state index contributed by atoms with van der Waals surface area (Å²) < 4.78 is 0. The predicted molar refractivity (Wildman–Crippen MR) is 115 cm³/mol. The molecule has 1 aromatic carbocycles. The third kappa shape index (κ3) is 6.26. The number of allylic oxidation sites excluding steroid dienone is 6. The molecule has 0 saturated carbocycles. The third-order valence-electron chi connectivity index (χ3n) is 3.80. The Kier molecular flexibility index (Phi) is 9.30. The van der Waals surface area contributed by atoms with Crippen LogP contribution in [0.1, 0.15) is 31.9 Å². The maximum absolute atomic E-state index is 12.6. The van der Waals surface area contributed by atoms with Gasteiger partial charge in [-0.2, -0.15) is 5.10 Å². The number of hydrogen-bond donors (Lipinski definition) is 2. The highest BCUT2D eigenvalue weighted by Crippen LogP contribution is 2.15. The minimum atomic E-state index is -0.188. The van der Waals surface area contributed by atoms with E-state index < -0.39 is 0 Å². The zero-order chi connectivity index (χ0) is 20.2. The lowest BCUT2D eigenvalue weighted by Crippen LogP contribution is -2.30. The first-order chi connectivity index (χ1) is 13.1. The van der Waals surface area contributed by atoms with Crippen LogP contribution in [0.25, 0.3) is 0 Å². The number of benzene rings is 1. The molecule has 2 rings (SSSR count). The van der Waals surface area contributed by atoms with Crippen LogP contribution < -0.4 is 10.7 Å². The Balaban J connectivity index is 0.00000176. The topological polar surface area (TPSA) is 53.5 Å². The highest BCUT2D eigenvalue weighted by atomic mass is 16.1. The summed E-state index contributed by atoms with van der Waals surface area (Å²) in [5.74, 6) is -0.188. The van der Waals surface area contributed by atoms with Gasteiger partial charge in [0.25, 0.3) is 5.91 Å². The molecule has 1 aliphatic rings. The number of amides is 1. The van der Waals surface area contributed by atoms with Gasteiger partial charge in [0.2, 0.25) is 0 Å². The molecular weight excluding hydrogens is 334 g/mol. The minimum absolute atomic E-state index is 0.188.